The minimum Gasteiger partial charge on any atom is -0.347 e. The average molecular weight is 395 g/mol. The van der Waals surface area contributed by atoms with E-state index in [0.29, 0.717) is 26.2 Å². The molecule has 0 aliphatic carbocycles. The van der Waals surface area contributed by atoms with Gasteiger partial charge in [0.15, 0.2) is 5.13 Å². The van der Waals surface area contributed by atoms with Gasteiger partial charge in [0.05, 0.1) is 5.69 Å². The topological polar surface area (TPSA) is 56.8 Å². The van der Waals surface area contributed by atoms with Gasteiger partial charge in [0.25, 0.3) is 10.2 Å². The van der Waals surface area contributed by atoms with E-state index < -0.39 is 10.2 Å². The van der Waals surface area contributed by atoms with Crippen LogP contribution in [0.3, 0.4) is 0 Å². The molecule has 3 rings (SSSR count). The zero-order valence-electron chi connectivity index (χ0n) is 15.3. The number of rotatable bonds is 8. The van der Waals surface area contributed by atoms with Crippen molar-refractivity contribution in [1.82, 2.24) is 13.6 Å². The maximum Gasteiger partial charge on any atom is 0.281 e. The number of likely N-dealkylation sites (N-methyl/N-ethyl adjacent to an activating group) is 2. The highest BCUT2D eigenvalue weighted by Gasteiger charge is 2.29. The number of thiazole rings is 1. The van der Waals surface area contributed by atoms with Gasteiger partial charge in [0, 0.05) is 50.7 Å². The van der Waals surface area contributed by atoms with Crippen molar-refractivity contribution in [2.24, 2.45) is 0 Å². The Morgan fingerprint density at radius 3 is 2.50 bits per heavy atom. The molecule has 1 aliphatic heterocycles. The van der Waals surface area contributed by atoms with Gasteiger partial charge in [-0.1, -0.05) is 30.3 Å². The summed E-state index contributed by atoms with van der Waals surface area (Å²) in [5, 5.41) is 2.98. The summed E-state index contributed by atoms with van der Waals surface area (Å²) in [5.74, 6) is 0. The monoisotopic (exact) mass is 394 g/mol. The lowest BCUT2D eigenvalue weighted by molar-refractivity contribution is 0.396. The first-order valence-corrected chi connectivity index (χ1v) is 11.3. The summed E-state index contributed by atoms with van der Waals surface area (Å²) in [6, 6.07) is 10.1. The number of aromatic nitrogens is 1. The lowest BCUT2D eigenvalue weighted by atomic mass is 10.2. The fraction of sp³-hybridized carbons (Fsp3) is 0.500. The summed E-state index contributed by atoms with van der Waals surface area (Å²) >= 11 is 1.60. The summed E-state index contributed by atoms with van der Waals surface area (Å²) in [6.45, 7) is 5.21. The SMILES string of the molecule is CCN(CCN(C)S(=O)(=O)N1CCCC1)c1nc(-c2ccccc2)cs1. The molecule has 1 aromatic carbocycles. The lowest BCUT2D eigenvalue weighted by Gasteiger charge is -2.27. The number of hydrogen-bond donors (Lipinski definition) is 0. The largest absolute Gasteiger partial charge is 0.347 e. The Bertz CT molecular complexity index is 802. The Morgan fingerprint density at radius 1 is 1.15 bits per heavy atom. The summed E-state index contributed by atoms with van der Waals surface area (Å²) < 4.78 is 28.2. The predicted molar refractivity (Wildman–Crippen MR) is 108 cm³/mol. The van der Waals surface area contributed by atoms with Crippen LogP contribution in [-0.2, 0) is 10.2 Å². The number of hydrogen-bond acceptors (Lipinski definition) is 5. The predicted octanol–water partition coefficient (Wildman–Crippen LogP) is 2.91. The molecular weight excluding hydrogens is 368 g/mol. The number of benzene rings is 1. The van der Waals surface area contributed by atoms with Crippen LogP contribution >= 0.6 is 11.3 Å². The van der Waals surface area contributed by atoms with E-state index in [9.17, 15) is 8.42 Å². The molecule has 2 aromatic rings. The Hall–Kier alpha value is -1.48. The first kappa shape index (κ1) is 19.3. The average Bonchev–Trinajstić information content (AvgIpc) is 3.35. The normalized spacial score (nSPS) is 15.7. The van der Waals surface area contributed by atoms with Gasteiger partial charge < -0.3 is 4.90 Å². The van der Waals surface area contributed by atoms with Crippen LogP contribution in [-0.4, -0.2) is 61.8 Å². The molecule has 1 fully saturated rings. The van der Waals surface area contributed by atoms with Crippen LogP contribution in [0.25, 0.3) is 11.3 Å². The maximum absolute atomic E-state index is 12.6. The van der Waals surface area contributed by atoms with Crippen molar-refractivity contribution < 1.29 is 8.42 Å². The molecular formula is C18H26N4O2S2. The Morgan fingerprint density at radius 2 is 1.85 bits per heavy atom. The molecule has 6 nitrogen and oxygen atoms in total. The zero-order chi connectivity index (χ0) is 18.6. The van der Waals surface area contributed by atoms with Crippen molar-refractivity contribution in [3.05, 3.63) is 35.7 Å². The second kappa shape index (κ2) is 8.47. The van der Waals surface area contributed by atoms with E-state index in [1.807, 2.05) is 30.3 Å². The smallest absolute Gasteiger partial charge is 0.281 e. The van der Waals surface area contributed by atoms with Crippen LogP contribution in [0.5, 0.6) is 0 Å². The third kappa shape index (κ3) is 4.25. The van der Waals surface area contributed by atoms with Gasteiger partial charge in [-0.3, -0.25) is 0 Å². The zero-order valence-corrected chi connectivity index (χ0v) is 17.0. The van der Waals surface area contributed by atoms with Gasteiger partial charge in [-0.05, 0) is 19.8 Å². The van der Waals surface area contributed by atoms with Crippen molar-refractivity contribution in [3.8, 4) is 11.3 Å². The molecule has 2 heterocycles. The van der Waals surface area contributed by atoms with Crippen LogP contribution in [0.2, 0.25) is 0 Å². The molecule has 0 saturated carbocycles. The van der Waals surface area contributed by atoms with Crippen molar-refractivity contribution >= 4 is 26.7 Å². The van der Waals surface area contributed by atoms with Crippen molar-refractivity contribution in [2.45, 2.75) is 19.8 Å². The second-order valence-electron chi connectivity index (χ2n) is 6.40. The van der Waals surface area contributed by atoms with Gasteiger partial charge in [-0.2, -0.15) is 17.0 Å². The van der Waals surface area contributed by atoms with Crippen molar-refractivity contribution in [3.63, 3.8) is 0 Å². The minimum absolute atomic E-state index is 0.451. The minimum atomic E-state index is -3.34. The molecule has 1 aromatic heterocycles. The number of nitrogens with zero attached hydrogens (tertiary/aromatic N) is 4. The standard InChI is InChI=1S/C18H26N4O2S2/c1-3-21(14-13-20(2)26(23,24)22-11-7-8-12-22)18-19-17(15-25-18)16-9-5-4-6-10-16/h4-6,9-10,15H,3,7-8,11-14H2,1-2H3. The molecule has 0 spiro atoms. The third-order valence-electron chi connectivity index (χ3n) is 4.68. The summed E-state index contributed by atoms with van der Waals surface area (Å²) in [4.78, 5) is 6.87. The van der Waals surface area contributed by atoms with E-state index in [2.05, 4.69) is 17.2 Å². The van der Waals surface area contributed by atoms with Gasteiger partial charge in [0.2, 0.25) is 0 Å². The first-order valence-electron chi connectivity index (χ1n) is 8.99. The molecule has 142 valence electrons. The summed E-state index contributed by atoms with van der Waals surface area (Å²) in [7, 11) is -1.67. The van der Waals surface area contributed by atoms with Gasteiger partial charge in [-0.15, -0.1) is 11.3 Å². The molecule has 0 unspecified atom stereocenters. The van der Waals surface area contributed by atoms with Crippen LogP contribution in [0.1, 0.15) is 19.8 Å². The van der Waals surface area contributed by atoms with E-state index >= 15 is 0 Å². The van der Waals surface area contributed by atoms with E-state index in [-0.39, 0.29) is 0 Å². The third-order valence-corrected chi connectivity index (χ3v) is 7.57. The van der Waals surface area contributed by atoms with Crippen LogP contribution in [0.15, 0.2) is 35.7 Å². The van der Waals surface area contributed by atoms with E-state index in [1.54, 1.807) is 22.7 Å². The van der Waals surface area contributed by atoms with Crippen molar-refractivity contribution in [1.29, 1.82) is 0 Å². The summed E-state index contributed by atoms with van der Waals surface area (Å²) in [6.07, 6.45) is 1.91. The second-order valence-corrected chi connectivity index (χ2v) is 9.27. The first-order chi connectivity index (χ1) is 12.5. The summed E-state index contributed by atoms with van der Waals surface area (Å²) in [5.41, 5.74) is 2.06. The van der Waals surface area contributed by atoms with E-state index in [0.717, 1.165) is 35.8 Å². The Labute approximate surface area is 160 Å². The molecule has 1 saturated heterocycles. The molecule has 26 heavy (non-hydrogen) atoms. The van der Waals surface area contributed by atoms with Crippen LogP contribution in [0, 0.1) is 0 Å². The molecule has 0 N–H and O–H groups in total. The maximum atomic E-state index is 12.6. The molecule has 0 amide bonds. The molecule has 0 atom stereocenters. The Kier molecular flexibility index (Phi) is 6.29. The molecule has 0 bridgehead atoms. The Balaban J connectivity index is 1.64. The molecule has 0 radical (unpaired) electrons. The highest BCUT2D eigenvalue weighted by atomic mass is 32.2. The van der Waals surface area contributed by atoms with E-state index in [1.165, 1.54) is 4.31 Å². The van der Waals surface area contributed by atoms with Gasteiger partial charge >= 0.3 is 0 Å². The number of anilines is 1. The van der Waals surface area contributed by atoms with Gasteiger partial charge in [-0.25, -0.2) is 4.98 Å². The van der Waals surface area contributed by atoms with Crippen LogP contribution in [0.4, 0.5) is 5.13 Å². The highest BCUT2D eigenvalue weighted by Crippen LogP contribution is 2.27. The van der Waals surface area contributed by atoms with E-state index in [4.69, 9.17) is 4.98 Å². The van der Waals surface area contributed by atoms with Crippen molar-refractivity contribution in [2.75, 3.05) is 44.7 Å². The van der Waals surface area contributed by atoms with Gasteiger partial charge in [0.1, 0.15) is 0 Å². The fourth-order valence-electron chi connectivity index (χ4n) is 3.03. The highest BCUT2D eigenvalue weighted by molar-refractivity contribution is 7.86. The quantitative estimate of drug-likeness (QED) is 0.691. The fourth-order valence-corrected chi connectivity index (χ4v) is 5.39. The molecule has 1 aliphatic rings. The molecule has 8 heteroatoms. The lowest BCUT2D eigenvalue weighted by Crippen LogP contribution is -2.43. The van der Waals surface area contributed by atoms with Crippen LogP contribution < -0.4 is 4.90 Å².